The van der Waals surface area contributed by atoms with Gasteiger partial charge in [0.25, 0.3) is 5.91 Å². The minimum absolute atomic E-state index is 0. The second-order valence-electron chi connectivity index (χ2n) is 7.34. The molecule has 0 aliphatic carbocycles. The number of nitrogens with zero attached hydrogens (tertiary/aromatic N) is 1. The van der Waals surface area contributed by atoms with E-state index >= 15 is 0 Å². The molecule has 34 heavy (non-hydrogen) atoms. The molecule has 1 aliphatic rings. The van der Waals surface area contributed by atoms with Gasteiger partial charge in [0.05, 0.1) is 19.6 Å². The summed E-state index contributed by atoms with van der Waals surface area (Å²) in [5, 5.41) is 14.1. The maximum absolute atomic E-state index is 14.6. The number of rotatable bonds is 7. The predicted octanol–water partition coefficient (Wildman–Crippen LogP) is 1.59. The van der Waals surface area contributed by atoms with Gasteiger partial charge in [0, 0.05) is 24.9 Å². The van der Waals surface area contributed by atoms with Gasteiger partial charge in [-0.15, -0.1) is 0 Å². The van der Waals surface area contributed by atoms with Crippen LogP contribution in [0.1, 0.15) is 18.0 Å². The number of benzene rings is 2. The average molecular weight is 479 g/mol. The molecule has 0 fully saturated rings. The Morgan fingerprint density at radius 1 is 1.21 bits per heavy atom. The zero-order chi connectivity index (χ0) is 24.1. The van der Waals surface area contributed by atoms with Crippen molar-refractivity contribution >= 4 is 53.2 Å². The molecule has 0 saturated heterocycles. The van der Waals surface area contributed by atoms with E-state index < -0.39 is 48.0 Å². The van der Waals surface area contributed by atoms with Gasteiger partial charge in [-0.05, 0) is 35.4 Å². The van der Waals surface area contributed by atoms with Crippen LogP contribution in [0.5, 0.6) is 5.75 Å². The van der Waals surface area contributed by atoms with Crippen LogP contribution in [0.4, 0.5) is 9.18 Å². The Kier molecular flexibility index (Phi) is 9.36. The molecule has 2 aromatic rings. The first-order valence-corrected chi connectivity index (χ1v) is 9.91. The molecule has 0 saturated carbocycles. The minimum atomic E-state index is -1.42. The second-order valence-corrected chi connectivity index (χ2v) is 7.34. The molecule has 0 bridgehead atoms. The van der Waals surface area contributed by atoms with Gasteiger partial charge in [0.1, 0.15) is 11.6 Å². The summed E-state index contributed by atoms with van der Waals surface area (Å²) in [5.74, 6) is -2.48. The monoisotopic (exact) mass is 479 g/mol. The summed E-state index contributed by atoms with van der Waals surface area (Å²) in [6.45, 7) is 0. The van der Waals surface area contributed by atoms with Crippen LogP contribution in [-0.2, 0) is 14.4 Å². The summed E-state index contributed by atoms with van der Waals surface area (Å²) in [4.78, 5) is 49.3. The fraction of sp³-hybridized carbons (Fsp3) is 0.217. The van der Waals surface area contributed by atoms with Crippen LogP contribution in [0.25, 0.3) is 11.1 Å². The van der Waals surface area contributed by atoms with Crippen molar-refractivity contribution < 1.29 is 33.4 Å². The maximum atomic E-state index is 14.6. The summed E-state index contributed by atoms with van der Waals surface area (Å²) in [7, 11) is 2.91. The molecule has 1 heterocycles. The molecular weight excluding hydrogens is 456 g/mol. The first-order valence-electron chi connectivity index (χ1n) is 9.91. The third-order valence-corrected chi connectivity index (χ3v) is 5.07. The van der Waals surface area contributed by atoms with Gasteiger partial charge in [-0.2, -0.15) is 0 Å². The molecule has 3 amide bonds. The number of carboxylic acid groups (broad SMARTS) is 1. The van der Waals surface area contributed by atoms with Crippen molar-refractivity contribution in [1.29, 1.82) is 0 Å². The molecular formula is C23H23FN3NaO6. The fourth-order valence-corrected chi connectivity index (χ4v) is 3.34. The molecule has 2 unspecified atom stereocenters. The molecule has 174 valence electrons. The van der Waals surface area contributed by atoms with Crippen molar-refractivity contribution in [2.75, 3.05) is 14.2 Å². The number of hydrogen-bond acceptors (Lipinski definition) is 5. The number of nitrogens with one attached hydrogen (secondary N) is 2. The van der Waals surface area contributed by atoms with Crippen LogP contribution < -0.4 is 15.4 Å². The van der Waals surface area contributed by atoms with Crippen LogP contribution in [-0.4, -0.2) is 83.5 Å². The standard InChI is InChI=1S/C23H22FN3O6.Na.H/c1-27-9-8-19(28)21(22(27)31)26-23(32)25-18(12-20(29)30)14-6-7-17(24)16(11-14)13-4-3-5-15(10-13)33-2;;/h3-11,18,21H,12H2,1-2H3,(H,29,30)(H2,25,26,32);;. The van der Waals surface area contributed by atoms with Gasteiger partial charge in [-0.25, -0.2) is 9.18 Å². The Balaban J connectivity index is 0.00000408. The van der Waals surface area contributed by atoms with Crippen molar-refractivity contribution in [3.05, 3.63) is 66.1 Å². The normalized spacial score (nSPS) is 15.9. The van der Waals surface area contributed by atoms with E-state index in [2.05, 4.69) is 10.6 Å². The van der Waals surface area contributed by atoms with Crippen LogP contribution in [0, 0.1) is 5.82 Å². The van der Waals surface area contributed by atoms with E-state index in [1.807, 2.05) is 0 Å². The SMILES string of the molecule is COc1cccc(-c2cc(C(CC(=O)O)NC(=O)NC3C(=O)C=CN(C)C3=O)ccc2F)c1.[NaH]. The van der Waals surface area contributed by atoms with Gasteiger partial charge in [0.2, 0.25) is 0 Å². The number of hydrogen-bond donors (Lipinski definition) is 3. The number of amides is 3. The van der Waals surface area contributed by atoms with E-state index in [1.165, 1.54) is 38.6 Å². The van der Waals surface area contributed by atoms with E-state index in [9.17, 15) is 28.7 Å². The number of ether oxygens (including phenoxy) is 1. The molecule has 1 aliphatic heterocycles. The van der Waals surface area contributed by atoms with E-state index in [0.29, 0.717) is 16.9 Å². The number of urea groups is 1. The van der Waals surface area contributed by atoms with Crippen LogP contribution in [0.15, 0.2) is 54.7 Å². The second kappa shape index (κ2) is 11.8. The number of likely N-dealkylation sites (N-methyl/N-ethyl adjacent to an activating group) is 1. The molecule has 0 aromatic heterocycles. The predicted molar refractivity (Wildman–Crippen MR) is 123 cm³/mol. The summed E-state index contributed by atoms with van der Waals surface area (Å²) >= 11 is 0. The summed E-state index contributed by atoms with van der Waals surface area (Å²) in [6, 6.07) is 7.25. The third-order valence-electron chi connectivity index (χ3n) is 5.07. The van der Waals surface area contributed by atoms with E-state index in [-0.39, 0.29) is 35.1 Å². The van der Waals surface area contributed by atoms with Gasteiger partial charge < -0.3 is 25.4 Å². The molecule has 2 atom stereocenters. The van der Waals surface area contributed by atoms with Crippen molar-refractivity contribution in [2.24, 2.45) is 0 Å². The molecule has 9 nitrogen and oxygen atoms in total. The molecule has 11 heteroatoms. The number of carboxylic acids is 1. The Bertz CT molecular complexity index is 1140. The Hall–Kier alpha value is -3.21. The van der Waals surface area contributed by atoms with Crippen molar-refractivity contribution in [3.8, 4) is 16.9 Å². The van der Waals surface area contributed by atoms with Gasteiger partial charge >= 0.3 is 41.6 Å². The molecule has 3 rings (SSSR count). The number of aliphatic carboxylic acids is 1. The Labute approximate surface area is 217 Å². The van der Waals surface area contributed by atoms with E-state index in [1.54, 1.807) is 24.3 Å². The Morgan fingerprint density at radius 2 is 1.94 bits per heavy atom. The topological polar surface area (TPSA) is 125 Å². The van der Waals surface area contributed by atoms with Gasteiger partial charge in [0.15, 0.2) is 11.8 Å². The molecule has 0 radical (unpaired) electrons. The zero-order valence-electron chi connectivity index (χ0n) is 17.9. The quantitative estimate of drug-likeness (QED) is 0.409. The molecule has 2 aromatic carbocycles. The molecule has 3 N–H and O–H groups in total. The van der Waals surface area contributed by atoms with Crippen molar-refractivity contribution in [1.82, 2.24) is 15.5 Å². The first kappa shape index (κ1) is 27.0. The number of methoxy groups -OCH3 is 1. The summed E-state index contributed by atoms with van der Waals surface area (Å²) in [5.41, 5.74) is 1.01. The van der Waals surface area contributed by atoms with Gasteiger partial charge in [-0.3, -0.25) is 14.4 Å². The van der Waals surface area contributed by atoms with E-state index in [4.69, 9.17) is 4.74 Å². The number of ketones is 1. The summed E-state index contributed by atoms with van der Waals surface area (Å²) in [6.07, 6.45) is 1.93. The van der Waals surface area contributed by atoms with Crippen LogP contribution in [0.3, 0.4) is 0 Å². The number of carbonyl (C=O) groups is 4. The summed E-state index contributed by atoms with van der Waals surface area (Å²) < 4.78 is 19.7. The zero-order valence-corrected chi connectivity index (χ0v) is 17.9. The van der Waals surface area contributed by atoms with Gasteiger partial charge in [-0.1, -0.05) is 18.2 Å². The third kappa shape index (κ3) is 6.43. The van der Waals surface area contributed by atoms with Crippen LogP contribution in [0.2, 0.25) is 0 Å². The van der Waals surface area contributed by atoms with Crippen LogP contribution >= 0.6 is 0 Å². The van der Waals surface area contributed by atoms with Crippen molar-refractivity contribution in [2.45, 2.75) is 18.5 Å². The van der Waals surface area contributed by atoms with E-state index in [0.717, 1.165) is 11.0 Å². The molecule has 0 spiro atoms. The fourth-order valence-electron chi connectivity index (χ4n) is 3.34. The van der Waals surface area contributed by atoms with Crippen molar-refractivity contribution in [3.63, 3.8) is 0 Å². The average Bonchev–Trinajstić information content (AvgIpc) is 2.79. The Morgan fingerprint density at radius 3 is 2.62 bits per heavy atom. The number of carbonyl (C=O) groups excluding carboxylic acids is 3. The number of halogens is 1. The first-order chi connectivity index (χ1) is 15.7.